The van der Waals surface area contributed by atoms with Gasteiger partial charge in [-0.15, -0.1) is 0 Å². The number of piperidine rings is 1. The Kier molecular flexibility index (Phi) is 7.97. The van der Waals surface area contributed by atoms with Crippen LogP contribution in [-0.2, 0) is 19.6 Å². The van der Waals surface area contributed by atoms with Crippen LogP contribution in [0.15, 0.2) is 52.5 Å². The summed E-state index contributed by atoms with van der Waals surface area (Å²) in [5, 5.41) is 22.4. The molecule has 2 aromatic rings. The summed E-state index contributed by atoms with van der Waals surface area (Å²) in [4.78, 5) is 10.8. The molecule has 8 nitrogen and oxygen atoms in total. The first-order valence-corrected chi connectivity index (χ1v) is 11.7. The van der Waals surface area contributed by atoms with E-state index < -0.39 is 0 Å². The normalized spacial score (nSPS) is 16.6. The van der Waals surface area contributed by atoms with Crippen molar-refractivity contribution in [1.82, 2.24) is 25.0 Å². The number of nitriles is 2. The van der Waals surface area contributed by atoms with Gasteiger partial charge in [-0.1, -0.05) is 12.5 Å². The zero-order chi connectivity index (χ0) is 22.9. The molecule has 2 fully saturated rings. The second-order valence-electron chi connectivity index (χ2n) is 8.57. The number of hydrogen-bond donors (Lipinski definition) is 1. The molecule has 0 spiro atoms. The molecule has 0 amide bonds. The number of furan rings is 1. The fraction of sp³-hybridized carbons (Fsp3) is 0.480. The minimum atomic E-state index is 0.157. The summed E-state index contributed by atoms with van der Waals surface area (Å²) in [7, 11) is 0. The van der Waals surface area contributed by atoms with Gasteiger partial charge in [0.2, 0.25) is 0 Å². The van der Waals surface area contributed by atoms with Crippen molar-refractivity contribution in [2.45, 2.75) is 38.9 Å². The predicted octanol–water partition coefficient (Wildman–Crippen LogP) is 2.83. The van der Waals surface area contributed by atoms with E-state index in [2.05, 4.69) is 43.2 Å². The highest BCUT2D eigenvalue weighted by atomic mass is 16.3. The Labute approximate surface area is 195 Å². The van der Waals surface area contributed by atoms with E-state index in [-0.39, 0.29) is 5.57 Å². The van der Waals surface area contributed by atoms with Gasteiger partial charge in [-0.05, 0) is 49.7 Å². The average Bonchev–Trinajstić information content (AvgIpc) is 3.46. The van der Waals surface area contributed by atoms with Gasteiger partial charge < -0.3 is 19.5 Å². The maximum atomic E-state index is 9.50. The largest absolute Gasteiger partial charge is 0.463 e. The minimum absolute atomic E-state index is 0.157. The van der Waals surface area contributed by atoms with Crippen molar-refractivity contribution in [3.05, 3.63) is 65.1 Å². The number of hydrogen-bond acceptors (Lipinski definition) is 8. The van der Waals surface area contributed by atoms with Crippen LogP contribution in [0.25, 0.3) is 0 Å². The third-order valence-corrected chi connectivity index (χ3v) is 6.19. The van der Waals surface area contributed by atoms with Gasteiger partial charge in [-0.2, -0.15) is 10.5 Å². The molecule has 0 unspecified atom stereocenters. The van der Waals surface area contributed by atoms with Gasteiger partial charge in [0, 0.05) is 45.1 Å². The SMILES string of the molecule is N#CC(C#N)=C1N(CCNCc2ccc(CN3CCCCC3)o2)CCN1Cc1cccnc1. The Morgan fingerprint density at radius 3 is 2.52 bits per heavy atom. The predicted molar refractivity (Wildman–Crippen MR) is 124 cm³/mol. The first kappa shape index (κ1) is 22.8. The molecular formula is C25H31N7O. The topological polar surface area (TPSA) is 95.4 Å². The zero-order valence-corrected chi connectivity index (χ0v) is 19.0. The molecule has 4 rings (SSSR count). The lowest BCUT2D eigenvalue weighted by Gasteiger charge is -2.25. The van der Waals surface area contributed by atoms with Crippen molar-refractivity contribution < 1.29 is 4.42 Å². The molecule has 0 bridgehead atoms. The average molecular weight is 446 g/mol. The fourth-order valence-electron chi connectivity index (χ4n) is 4.54. The van der Waals surface area contributed by atoms with E-state index in [1.54, 1.807) is 6.20 Å². The standard InChI is InChI=1S/C25H31N7O/c26-15-22(16-27)25-31(13-14-32(25)19-21-5-4-8-28-17-21)12-9-29-18-23-6-7-24(33-23)20-30-10-2-1-3-11-30/h4-8,17,29H,1-3,9-14,18-20H2. The number of rotatable bonds is 9. The van der Waals surface area contributed by atoms with Crippen molar-refractivity contribution in [2.75, 3.05) is 39.3 Å². The molecule has 0 aromatic carbocycles. The van der Waals surface area contributed by atoms with Crippen LogP contribution >= 0.6 is 0 Å². The molecule has 1 N–H and O–H groups in total. The van der Waals surface area contributed by atoms with Crippen molar-refractivity contribution in [2.24, 2.45) is 0 Å². The van der Waals surface area contributed by atoms with Gasteiger partial charge >= 0.3 is 0 Å². The highest BCUT2D eigenvalue weighted by Crippen LogP contribution is 2.24. The van der Waals surface area contributed by atoms with Gasteiger partial charge in [0.1, 0.15) is 29.5 Å². The van der Waals surface area contributed by atoms with Crippen LogP contribution in [0.3, 0.4) is 0 Å². The van der Waals surface area contributed by atoms with Gasteiger partial charge in [0.05, 0.1) is 13.1 Å². The molecule has 0 radical (unpaired) electrons. The highest BCUT2D eigenvalue weighted by Gasteiger charge is 2.28. The van der Waals surface area contributed by atoms with Crippen molar-refractivity contribution >= 4 is 0 Å². The minimum Gasteiger partial charge on any atom is -0.463 e. The fourth-order valence-corrected chi connectivity index (χ4v) is 4.54. The van der Waals surface area contributed by atoms with E-state index in [1.165, 1.54) is 19.3 Å². The molecule has 0 saturated carbocycles. The van der Waals surface area contributed by atoms with Gasteiger partial charge in [-0.3, -0.25) is 9.88 Å². The van der Waals surface area contributed by atoms with Crippen LogP contribution in [0.1, 0.15) is 36.3 Å². The smallest absolute Gasteiger partial charge is 0.169 e. The number of nitrogens with one attached hydrogen (secondary N) is 1. The van der Waals surface area contributed by atoms with Gasteiger partial charge in [0.15, 0.2) is 5.57 Å². The van der Waals surface area contributed by atoms with E-state index in [1.807, 2.05) is 24.4 Å². The summed E-state index contributed by atoms with van der Waals surface area (Å²) in [5.41, 5.74) is 1.22. The van der Waals surface area contributed by atoms with Crippen molar-refractivity contribution in [3.63, 3.8) is 0 Å². The Bertz CT molecular complexity index is 995. The van der Waals surface area contributed by atoms with Crippen molar-refractivity contribution in [1.29, 1.82) is 10.5 Å². The number of nitrogens with zero attached hydrogens (tertiary/aromatic N) is 6. The van der Waals surface area contributed by atoms with Gasteiger partial charge in [0.25, 0.3) is 0 Å². The third kappa shape index (κ3) is 6.13. The Morgan fingerprint density at radius 2 is 1.76 bits per heavy atom. The maximum absolute atomic E-state index is 9.50. The number of aromatic nitrogens is 1. The number of allylic oxidation sites excluding steroid dienone is 1. The Morgan fingerprint density at radius 1 is 0.970 bits per heavy atom. The van der Waals surface area contributed by atoms with Crippen LogP contribution in [-0.4, -0.2) is 59.0 Å². The Hall–Kier alpha value is -3.33. The molecule has 2 aliphatic heterocycles. The molecule has 8 heteroatoms. The second kappa shape index (κ2) is 11.5. The highest BCUT2D eigenvalue weighted by molar-refractivity contribution is 5.40. The summed E-state index contributed by atoms with van der Waals surface area (Å²) < 4.78 is 6.01. The molecule has 172 valence electrons. The third-order valence-electron chi connectivity index (χ3n) is 6.19. The quantitative estimate of drug-likeness (QED) is 0.465. The van der Waals surface area contributed by atoms with Crippen LogP contribution < -0.4 is 5.32 Å². The summed E-state index contributed by atoms with van der Waals surface area (Å²) in [6.07, 6.45) is 7.46. The van der Waals surface area contributed by atoms with E-state index in [9.17, 15) is 10.5 Å². The van der Waals surface area contributed by atoms with Crippen LogP contribution in [0.4, 0.5) is 0 Å². The summed E-state index contributed by atoms with van der Waals surface area (Å²) in [6, 6.07) is 12.2. The lowest BCUT2D eigenvalue weighted by Crippen LogP contribution is -2.31. The molecule has 0 atom stereocenters. The van der Waals surface area contributed by atoms with E-state index >= 15 is 0 Å². The Balaban J connectivity index is 1.28. The van der Waals surface area contributed by atoms with Crippen LogP contribution in [0.2, 0.25) is 0 Å². The molecule has 4 heterocycles. The summed E-state index contributed by atoms with van der Waals surface area (Å²) in [6.45, 7) is 7.50. The number of pyridine rings is 1. The molecule has 33 heavy (non-hydrogen) atoms. The summed E-state index contributed by atoms with van der Waals surface area (Å²) in [5.74, 6) is 2.68. The number of likely N-dealkylation sites (tertiary alicyclic amines) is 1. The first-order chi connectivity index (χ1) is 16.3. The van der Waals surface area contributed by atoms with Gasteiger partial charge in [-0.25, -0.2) is 0 Å². The zero-order valence-electron chi connectivity index (χ0n) is 19.0. The monoisotopic (exact) mass is 445 g/mol. The summed E-state index contributed by atoms with van der Waals surface area (Å²) >= 11 is 0. The van der Waals surface area contributed by atoms with Crippen LogP contribution in [0, 0.1) is 22.7 Å². The van der Waals surface area contributed by atoms with E-state index in [4.69, 9.17) is 4.42 Å². The lowest BCUT2D eigenvalue weighted by atomic mass is 10.1. The molecule has 2 aromatic heterocycles. The molecular weight excluding hydrogens is 414 g/mol. The molecule has 0 aliphatic carbocycles. The van der Waals surface area contributed by atoms with E-state index in [0.717, 1.165) is 56.4 Å². The van der Waals surface area contributed by atoms with Crippen LogP contribution in [0.5, 0.6) is 0 Å². The first-order valence-electron chi connectivity index (χ1n) is 11.7. The molecule has 2 aliphatic rings. The maximum Gasteiger partial charge on any atom is 0.169 e. The lowest BCUT2D eigenvalue weighted by molar-refractivity contribution is 0.203. The van der Waals surface area contributed by atoms with Crippen molar-refractivity contribution in [3.8, 4) is 12.1 Å². The molecule has 2 saturated heterocycles. The second-order valence-corrected chi connectivity index (χ2v) is 8.57. The van der Waals surface area contributed by atoms with E-state index in [0.29, 0.717) is 25.5 Å².